The number of alkyl halides is 3. The molecule has 1 fully saturated rings. The lowest BCUT2D eigenvalue weighted by Gasteiger charge is -2.27. The van der Waals surface area contributed by atoms with Crippen molar-refractivity contribution < 1.29 is 18.0 Å². The van der Waals surface area contributed by atoms with Crippen LogP contribution in [0.3, 0.4) is 0 Å². The zero-order valence-corrected chi connectivity index (χ0v) is 13.8. The number of hydrogen-bond donors (Lipinski definition) is 1. The third-order valence-electron chi connectivity index (χ3n) is 4.03. The smallest absolute Gasteiger partial charge is 0.354 e. The highest BCUT2D eigenvalue weighted by atomic mass is 19.4. The van der Waals surface area contributed by atoms with Crippen molar-refractivity contribution in [2.45, 2.75) is 32.5 Å². The number of anilines is 1. The van der Waals surface area contributed by atoms with Crippen LogP contribution >= 0.6 is 0 Å². The van der Waals surface area contributed by atoms with E-state index in [1.54, 1.807) is 6.92 Å². The number of aryl methyl sites for hydroxylation is 1. The van der Waals surface area contributed by atoms with Gasteiger partial charge in [0.2, 0.25) is 5.91 Å². The van der Waals surface area contributed by atoms with Gasteiger partial charge in [-0.15, -0.1) is 5.10 Å². The molecule has 0 aliphatic carbocycles. The SMILES string of the molecule is Cc1ccc(N2CCCN([C@@H](C)C(=O)NCC(F)(F)F)CC2)nn1. The Hall–Kier alpha value is -1.90. The average Bonchev–Trinajstić information content (AvgIpc) is 2.78. The van der Waals surface area contributed by atoms with Crippen LogP contribution in [-0.2, 0) is 4.79 Å². The number of amides is 1. The first-order valence-corrected chi connectivity index (χ1v) is 7.90. The fourth-order valence-corrected chi connectivity index (χ4v) is 2.62. The van der Waals surface area contributed by atoms with Gasteiger partial charge in [-0.05, 0) is 32.4 Å². The number of carbonyl (C=O) groups is 1. The van der Waals surface area contributed by atoms with Crippen LogP contribution in [0.15, 0.2) is 12.1 Å². The Morgan fingerprint density at radius 3 is 2.62 bits per heavy atom. The first kappa shape index (κ1) is 18.4. The van der Waals surface area contributed by atoms with Gasteiger partial charge < -0.3 is 10.2 Å². The molecule has 1 atom stereocenters. The summed E-state index contributed by atoms with van der Waals surface area (Å²) in [5.74, 6) is 0.174. The Morgan fingerprint density at radius 1 is 1.25 bits per heavy atom. The molecule has 1 saturated heterocycles. The first-order chi connectivity index (χ1) is 11.3. The summed E-state index contributed by atoms with van der Waals surface area (Å²) in [5, 5.41) is 10.1. The molecule has 9 heteroatoms. The molecule has 0 saturated carbocycles. The third kappa shape index (κ3) is 5.33. The fourth-order valence-electron chi connectivity index (χ4n) is 2.62. The monoisotopic (exact) mass is 345 g/mol. The summed E-state index contributed by atoms with van der Waals surface area (Å²) in [4.78, 5) is 15.9. The molecule has 1 aliphatic heterocycles. The average molecular weight is 345 g/mol. The molecular formula is C15H22F3N5O. The number of hydrogen-bond acceptors (Lipinski definition) is 5. The molecule has 1 amide bonds. The lowest BCUT2D eigenvalue weighted by atomic mass is 10.2. The second-order valence-electron chi connectivity index (χ2n) is 5.92. The Bertz CT molecular complexity index is 549. The maximum Gasteiger partial charge on any atom is 0.405 e. The molecule has 1 aromatic heterocycles. The lowest BCUT2D eigenvalue weighted by Crippen LogP contribution is -2.48. The number of halogens is 3. The highest BCUT2D eigenvalue weighted by molar-refractivity contribution is 5.81. The van der Waals surface area contributed by atoms with Crippen molar-refractivity contribution in [3.05, 3.63) is 17.8 Å². The van der Waals surface area contributed by atoms with E-state index < -0.39 is 24.7 Å². The van der Waals surface area contributed by atoms with Gasteiger partial charge in [-0.25, -0.2) is 0 Å². The number of rotatable bonds is 4. The topological polar surface area (TPSA) is 61.4 Å². The molecule has 0 unspecified atom stereocenters. The van der Waals surface area contributed by atoms with Gasteiger partial charge in [0.25, 0.3) is 0 Å². The highest BCUT2D eigenvalue weighted by Gasteiger charge is 2.30. The van der Waals surface area contributed by atoms with Crippen molar-refractivity contribution in [2.24, 2.45) is 0 Å². The molecule has 2 rings (SSSR count). The number of nitrogens with zero attached hydrogens (tertiary/aromatic N) is 4. The molecule has 1 aromatic rings. The summed E-state index contributed by atoms with van der Waals surface area (Å²) in [6, 6.07) is 3.19. The van der Waals surface area contributed by atoms with Gasteiger partial charge in [0.1, 0.15) is 6.54 Å². The van der Waals surface area contributed by atoms with Gasteiger partial charge >= 0.3 is 6.18 Å². The summed E-state index contributed by atoms with van der Waals surface area (Å²) in [7, 11) is 0. The van der Waals surface area contributed by atoms with Crippen LogP contribution in [0.4, 0.5) is 19.0 Å². The number of carbonyl (C=O) groups excluding carboxylic acids is 1. The molecule has 134 valence electrons. The molecule has 0 spiro atoms. The van der Waals surface area contributed by atoms with E-state index in [0.29, 0.717) is 19.6 Å². The van der Waals surface area contributed by atoms with Crippen LogP contribution in [0.1, 0.15) is 19.0 Å². The van der Waals surface area contributed by atoms with Crippen LogP contribution in [0.25, 0.3) is 0 Å². The van der Waals surface area contributed by atoms with Gasteiger partial charge in [0, 0.05) is 26.2 Å². The standard InChI is InChI=1S/C15H22F3N5O/c1-11-4-5-13(21-20-11)23-7-3-6-22(8-9-23)12(2)14(24)19-10-15(16,17)18/h4-5,12H,3,6-10H2,1-2H3,(H,19,24)/t12-/m0/s1. The zero-order chi connectivity index (χ0) is 17.7. The molecule has 0 bridgehead atoms. The maximum absolute atomic E-state index is 12.2. The van der Waals surface area contributed by atoms with E-state index in [1.165, 1.54) is 0 Å². The molecular weight excluding hydrogens is 323 g/mol. The number of nitrogens with one attached hydrogen (secondary N) is 1. The molecule has 0 aromatic carbocycles. The van der Waals surface area contributed by atoms with Gasteiger partial charge in [-0.1, -0.05) is 0 Å². The normalized spacial score (nSPS) is 18.1. The minimum atomic E-state index is -4.39. The zero-order valence-electron chi connectivity index (χ0n) is 13.8. The lowest BCUT2D eigenvalue weighted by molar-refractivity contribution is -0.141. The van der Waals surface area contributed by atoms with Crippen LogP contribution in [0.5, 0.6) is 0 Å². The van der Waals surface area contributed by atoms with E-state index in [4.69, 9.17) is 0 Å². The van der Waals surface area contributed by atoms with Gasteiger partial charge in [0.15, 0.2) is 5.82 Å². The van der Waals surface area contributed by atoms with E-state index in [0.717, 1.165) is 24.5 Å². The van der Waals surface area contributed by atoms with E-state index in [9.17, 15) is 18.0 Å². The van der Waals surface area contributed by atoms with Crippen LogP contribution < -0.4 is 10.2 Å². The van der Waals surface area contributed by atoms with Crippen LogP contribution in [-0.4, -0.2) is 65.9 Å². The summed E-state index contributed by atoms with van der Waals surface area (Å²) >= 11 is 0. The summed E-state index contributed by atoms with van der Waals surface area (Å²) < 4.78 is 36.6. The van der Waals surface area contributed by atoms with E-state index in [1.807, 2.05) is 29.3 Å². The van der Waals surface area contributed by atoms with Gasteiger partial charge in [-0.3, -0.25) is 9.69 Å². The Morgan fingerprint density at radius 2 is 2.00 bits per heavy atom. The molecule has 1 N–H and O–H groups in total. The molecule has 0 radical (unpaired) electrons. The maximum atomic E-state index is 12.2. The molecule has 6 nitrogen and oxygen atoms in total. The second-order valence-corrected chi connectivity index (χ2v) is 5.92. The Balaban J connectivity index is 1.90. The molecule has 2 heterocycles. The molecule has 24 heavy (non-hydrogen) atoms. The van der Waals surface area contributed by atoms with Gasteiger partial charge in [0.05, 0.1) is 11.7 Å². The largest absolute Gasteiger partial charge is 0.405 e. The Kier molecular flexibility index (Phi) is 5.98. The van der Waals surface area contributed by atoms with Crippen molar-refractivity contribution in [3.8, 4) is 0 Å². The summed E-state index contributed by atoms with van der Waals surface area (Å²) in [6.45, 7) is 4.84. The highest BCUT2D eigenvalue weighted by Crippen LogP contribution is 2.15. The predicted molar refractivity (Wildman–Crippen MR) is 83.7 cm³/mol. The first-order valence-electron chi connectivity index (χ1n) is 7.90. The third-order valence-corrected chi connectivity index (χ3v) is 4.03. The van der Waals surface area contributed by atoms with E-state index in [-0.39, 0.29) is 0 Å². The van der Waals surface area contributed by atoms with Crippen molar-refractivity contribution in [1.82, 2.24) is 20.4 Å². The van der Waals surface area contributed by atoms with Crippen LogP contribution in [0.2, 0.25) is 0 Å². The summed E-state index contributed by atoms with van der Waals surface area (Å²) in [6.07, 6.45) is -3.60. The van der Waals surface area contributed by atoms with Crippen molar-refractivity contribution in [2.75, 3.05) is 37.6 Å². The van der Waals surface area contributed by atoms with Crippen molar-refractivity contribution >= 4 is 11.7 Å². The van der Waals surface area contributed by atoms with Crippen molar-refractivity contribution in [1.29, 1.82) is 0 Å². The minimum Gasteiger partial charge on any atom is -0.354 e. The quantitative estimate of drug-likeness (QED) is 0.893. The fraction of sp³-hybridized carbons (Fsp3) is 0.667. The van der Waals surface area contributed by atoms with Crippen LogP contribution in [0, 0.1) is 6.92 Å². The van der Waals surface area contributed by atoms with E-state index in [2.05, 4.69) is 15.1 Å². The second kappa shape index (κ2) is 7.78. The molecule has 1 aliphatic rings. The minimum absolute atomic E-state index is 0.580. The Labute approximate surface area is 139 Å². The van der Waals surface area contributed by atoms with Crippen molar-refractivity contribution in [3.63, 3.8) is 0 Å². The predicted octanol–water partition coefficient (Wildman–Crippen LogP) is 1.36. The van der Waals surface area contributed by atoms with Gasteiger partial charge in [-0.2, -0.15) is 18.3 Å². The van der Waals surface area contributed by atoms with E-state index >= 15 is 0 Å². The summed E-state index contributed by atoms with van der Waals surface area (Å²) in [5.41, 5.74) is 0.838. The number of aromatic nitrogens is 2.